The standard InChI is InChI=1S/C8H7.C5H7.Ti/c1-2-4-6-8-7-5-3-1;1-3-5-4-2;/h1-7H;1,3-5H,2H3;/b2-1-,3-1?,4-2?,5-3-,6-4-,7-5?,8-6?,8-7?;;. The molecule has 0 heterocycles. The third-order valence-electron chi connectivity index (χ3n) is 1.65. The van der Waals surface area contributed by atoms with Gasteiger partial charge in [0, 0.05) is 0 Å². The Morgan fingerprint density at radius 3 is 2.64 bits per heavy atom. The third kappa shape index (κ3) is 5.01. The molecule has 0 unspecified atom stereocenters. The van der Waals surface area contributed by atoms with Crippen LogP contribution in [0.2, 0.25) is 0 Å². The van der Waals surface area contributed by atoms with Crippen LogP contribution in [-0.4, -0.2) is 0 Å². The van der Waals surface area contributed by atoms with Gasteiger partial charge in [-0.25, -0.2) is 0 Å². The second-order valence-electron chi connectivity index (χ2n) is 2.78. The molecule has 1 rings (SSSR count). The minimum atomic E-state index is -0.113. The van der Waals surface area contributed by atoms with Gasteiger partial charge in [-0.05, 0) is 0 Å². The predicted molar refractivity (Wildman–Crippen MR) is 59.5 cm³/mol. The van der Waals surface area contributed by atoms with Crippen molar-refractivity contribution in [1.29, 1.82) is 0 Å². The summed E-state index contributed by atoms with van der Waals surface area (Å²) in [4.78, 5) is 0. The molecule has 0 aliphatic heterocycles. The fourth-order valence-corrected chi connectivity index (χ4v) is 2.20. The van der Waals surface area contributed by atoms with Crippen LogP contribution in [0.5, 0.6) is 0 Å². The van der Waals surface area contributed by atoms with E-state index in [9.17, 15) is 0 Å². The van der Waals surface area contributed by atoms with Crippen molar-refractivity contribution in [2.75, 3.05) is 0 Å². The molecule has 0 saturated heterocycles. The molecular formula is C13H14Ti. The Hall–Kier alpha value is -0.846. The van der Waals surface area contributed by atoms with Gasteiger partial charge in [-0.3, -0.25) is 0 Å². The zero-order valence-electron chi connectivity index (χ0n) is 8.35. The topological polar surface area (TPSA) is 0 Å². The van der Waals surface area contributed by atoms with Gasteiger partial charge in [0.25, 0.3) is 0 Å². The van der Waals surface area contributed by atoms with Gasteiger partial charge in [0.1, 0.15) is 0 Å². The molecular weight excluding hydrogens is 204 g/mol. The van der Waals surface area contributed by atoms with E-state index in [1.165, 1.54) is 3.88 Å². The first-order chi connectivity index (χ1) is 6.93. The SMILES string of the molecule is CC=CC=[CH][Ti][C]1=C/C=C\C=C/C=C\1. The second kappa shape index (κ2) is 7.55. The van der Waals surface area contributed by atoms with Crippen molar-refractivity contribution in [2.24, 2.45) is 0 Å². The molecule has 0 spiro atoms. The van der Waals surface area contributed by atoms with E-state index in [4.69, 9.17) is 0 Å². The molecule has 0 nitrogen and oxygen atoms in total. The van der Waals surface area contributed by atoms with Crippen LogP contribution in [0.1, 0.15) is 6.92 Å². The van der Waals surface area contributed by atoms with Gasteiger partial charge in [0.2, 0.25) is 0 Å². The van der Waals surface area contributed by atoms with Gasteiger partial charge in [0.15, 0.2) is 0 Å². The minimum absolute atomic E-state index is 0.113. The number of allylic oxidation sites excluding steroid dienone is 11. The summed E-state index contributed by atoms with van der Waals surface area (Å²) in [5.74, 6) is 0. The Bertz CT molecular complexity index is 325. The number of rotatable bonds is 3. The van der Waals surface area contributed by atoms with E-state index in [1.54, 1.807) is 0 Å². The van der Waals surface area contributed by atoms with Gasteiger partial charge in [0.05, 0.1) is 0 Å². The molecule has 0 N–H and O–H groups in total. The van der Waals surface area contributed by atoms with Crippen LogP contribution >= 0.6 is 0 Å². The molecule has 0 aromatic heterocycles. The quantitative estimate of drug-likeness (QED) is 0.500. The summed E-state index contributed by atoms with van der Waals surface area (Å²) in [5.41, 5.74) is 0. The van der Waals surface area contributed by atoms with Crippen molar-refractivity contribution in [3.05, 3.63) is 69.0 Å². The summed E-state index contributed by atoms with van der Waals surface area (Å²) in [7, 11) is 0. The second-order valence-corrected chi connectivity index (χ2v) is 4.65. The fraction of sp³-hybridized carbons (Fsp3) is 0.0769. The monoisotopic (exact) mass is 218 g/mol. The van der Waals surface area contributed by atoms with E-state index in [1.807, 2.05) is 19.1 Å². The molecule has 14 heavy (non-hydrogen) atoms. The van der Waals surface area contributed by atoms with E-state index in [0.717, 1.165) is 0 Å². The van der Waals surface area contributed by atoms with E-state index >= 15 is 0 Å². The zero-order valence-corrected chi connectivity index (χ0v) is 9.91. The molecule has 0 saturated carbocycles. The van der Waals surface area contributed by atoms with Crippen molar-refractivity contribution in [2.45, 2.75) is 6.92 Å². The van der Waals surface area contributed by atoms with Crippen LogP contribution < -0.4 is 0 Å². The van der Waals surface area contributed by atoms with E-state index < -0.39 is 0 Å². The molecule has 1 aliphatic carbocycles. The summed E-state index contributed by atoms with van der Waals surface area (Å²) in [5, 5.41) is 0. The van der Waals surface area contributed by atoms with E-state index in [2.05, 4.69) is 53.0 Å². The first kappa shape index (κ1) is 11.2. The van der Waals surface area contributed by atoms with Gasteiger partial charge in [-0.2, -0.15) is 0 Å². The van der Waals surface area contributed by atoms with Crippen LogP contribution in [0.4, 0.5) is 0 Å². The Balaban J connectivity index is 2.51. The van der Waals surface area contributed by atoms with Crippen molar-refractivity contribution in [3.63, 3.8) is 0 Å². The van der Waals surface area contributed by atoms with Crippen LogP contribution in [0.25, 0.3) is 0 Å². The summed E-state index contributed by atoms with van der Waals surface area (Å²) >= 11 is -0.113. The molecule has 0 bridgehead atoms. The fourth-order valence-electron chi connectivity index (χ4n) is 0.974. The Kier molecular flexibility index (Phi) is 6.05. The van der Waals surface area contributed by atoms with Crippen molar-refractivity contribution in [3.8, 4) is 0 Å². The van der Waals surface area contributed by atoms with Gasteiger partial charge >= 0.3 is 95.1 Å². The molecule has 1 aliphatic rings. The average molecular weight is 218 g/mol. The molecule has 1 heteroatoms. The molecule has 0 aromatic carbocycles. The first-order valence-corrected chi connectivity index (χ1v) is 6.38. The predicted octanol–water partition coefficient (Wildman–Crippen LogP) is 3.72. The third-order valence-corrected chi connectivity index (χ3v) is 3.25. The molecule has 0 atom stereocenters. The van der Waals surface area contributed by atoms with Crippen LogP contribution in [0.15, 0.2) is 69.0 Å². The van der Waals surface area contributed by atoms with Crippen molar-refractivity contribution < 1.29 is 19.2 Å². The molecule has 0 amide bonds. The Morgan fingerprint density at radius 1 is 1.00 bits per heavy atom. The summed E-state index contributed by atoms with van der Waals surface area (Å²) in [6.07, 6.45) is 21.0. The van der Waals surface area contributed by atoms with Crippen molar-refractivity contribution >= 4 is 0 Å². The maximum absolute atomic E-state index is 2.29. The summed E-state index contributed by atoms with van der Waals surface area (Å²) < 4.78 is 3.74. The molecule has 0 fully saturated rings. The normalized spacial score (nSPS) is 26.5. The van der Waals surface area contributed by atoms with Gasteiger partial charge in [-0.15, -0.1) is 0 Å². The molecule has 0 aromatic rings. The average Bonchev–Trinajstić information content (AvgIpc) is 2.15. The Morgan fingerprint density at radius 2 is 1.79 bits per heavy atom. The molecule has 70 valence electrons. The van der Waals surface area contributed by atoms with Crippen LogP contribution in [0, 0.1) is 0 Å². The van der Waals surface area contributed by atoms with Gasteiger partial charge < -0.3 is 0 Å². The Labute approximate surface area is 95.0 Å². The van der Waals surface area contributed by atoms with Crippen LogP contribution in [-0.2, 0) is 19.2 Å². The first-order valence-electron chi connectivity index (χ1n) is 4.69. The van der Waals surface area contributed by atoms with Crippen LogP contribution in [0.3, 0.4) is 0 Å². The molecule has 0 radical (unpaired) electrons. The van der Waals surface area contributed by atoms with Crippen molar-refractivity contribution in [1.82, 2.24) is 0 Å². The van der Waals surface area contributed by atoms with Gasteiger partial charge in [-0.1, -0.05) is 0 Å². The van der Waals surface area contributed by atoms with E-state index in [0.29, 0.717) is 0 Å². The number of hydrogen-bond donors (Lipinski definition) is 0. The number of hydrogen-bond acceptors (Lipinski definition) is 0. The van der Waals surface area contributed by atoms with E-state index in [-0.39, 0.29) is 19.2 Å². The maximum atomic E-state index is 2.29. The summed E-state index contributed by atoms with van der Waals surface area (Å²) in [6.45, 7) is 2.03. The zero-order chi connectivity index (χ0) is 10.1. The summed E-state index contributed by atoms with van der Waals surface area (Å²) in [6, 6.07) is 0.